The molecule has 4 amide bonds. The van der Waals surface area contributed by atoms with E-state index in [4.69, 9.17) is 0 Å². The molecule has 0 saturated carbocycles. The first-order valence-electron chi connectivity index (χ1n) is 4.33. The van der Waals surface area contributed by atoms with Gasteiger partial charge in [0.15, 0.2) is 0 Å². The van der Waals surface area contributed by atoms with Crippen LogP contribution in [0.3, 0.4) is 0 Å². The van der Waals surface area contributed by atoms with Crippen molar-refractivity contribution < 1.29 is 19.1 Å². The third-order valence-electron chi connectivity index (χ3n) is 2.28. The number of esters is 1. The van der Waals surface area contributed by atoms with Crippen LogP contribution >= 0.6 is 0 Å². The summed E-state index contributed by atoms with van der Waals surface area (Å²) in [6, 6.07) is -0.789. The van der Waals surface area contributed by atoms with Crippen LogP contribution in [0.2, 0.25) is 0 Å². The number of hydrogen-bond donors (Lipinski definition) is 3. The Morgan fingerprint density at radius 1 is 1.40 bits per heavy atom. The Morgan fingerprint density at radius 2 is 2.13 bits per heavy atom. The zero-order chi connectivity index (χ0) is 11.0. The highest BCUT2D eigenvalue weighted by Crippen LogP contribution is 2.13. The van der Waals surface area contributed by atoms with E-state index in [1.54, 1.807) is 0 Å². The normalized spacial score (nSPS) is 27.9. The first-order valence-corrected chi connectivity index (χ1v) is 4.33. The standard InChI is InChI=1S/C7H10N4O4/c1-15-3(12)2-11-5-4(9-7(11)14)8-6(13)10-5/h4-5H,2H2,1H3,(H,9,14)(H2,8,10,13)/t4-,5-/m1/s1. The van der Waals surface area contributed by atoms with Gasteiger partial charge in [0.1, 0.15) is 18.9 Å². The van der Waals surface area contributed by atoms with E-state index >= 15 is 0 Å². The van der Waals surface area contributed by atoms with E-state index in [0.717, 1.165) is 0 Å². The molecule has 2 saturated heterocycles. The molecule has 2 atom stereocenters. The Labute approximate surface area is 84.9 Å². The number of carbonyl (C=O) groups is 3. The molecule has 15 heavy (non-hydrogen) atoms. The molecule has 0 radical (unpaired) electrons. The summed E-state index contributed by atoms with van der Waals surface area (Å²) >= 11 is 0. The van der Waals surface area contributed by atoms with Gasteiger partial charge in [-0.15, -0.1) is 0 Å². The number of methoxy groups -OCH3 is 1. The predicted octanol–water partition coefficient (Wildman–Crippen LogP) is -1.85. The molecule has 0 aromatic carbocycles. The van der Waals surface area contributed by atoms with Crippen molar-refractivity contribution in [1.29, 1.82) is 0 Å². The smallest absolute Gasteiger partial charge is 0.325 e. The number of hydrogen-bond acceptors (Lipinski definition) is 4. The minimum atomic E-state index is -0.538. The third kappa shape index (κ3) is 1.53. The van der Waals surface area contributed by atoms with E-state index in [-0.39, 0.29) is 12.6 Å². The summed E-state index contributed by atoms with van der Waals surface area (Å²) in [6.45, 7) is -0.189. The first-order chi connectivity index (χ1) is 7.11. The van der Waals surface area contributed by atoms with Gasteiger partial charge in [0.25, 0.3) is 0 Å². The molecule has 8 heteroatoms. The lowest BCUT2D eigenvalue weighted by atomic mass is 10.4. The van der Waals surface area contributed by atoms with Gasteiger partial charge in [0.2, 0.25) is 0 Å². The van der Waals surface area contributed by atoms with E-state index in [1.165, 1.54) is 12.0 Å². The van der Waals surface area contributed by atoms with Crippen molar-refractivity contribution in [2.24, 2.45) is 0 Å². The molecule has 2 rings (SSSR count). The maximum Gasteiger partial charge on any atom is 0.325 e. The second kappa shape index (κ2) is 3.30. The Hall–Kier alpha value is -1.99. The van der Waals surface area contributed by atoms with Crippen LogP contribution in [0.5, 0.6) is 0 Å². The quantitative estimate of drug-likeness (QED) is 0.470. The van der Waals surface area contributed by atoms with Crippen LogP contribution < -0.4 is 16.0 Å². The molecule has 2 aliphatic rings. The maximum absolute atomic E-state index is 11.4. The minimum absolute atomic E-state index is 0.189. The van der Waals surface area contributed by atoms with Crippen molar-refractivity contribution in [3.8, 4) is 0 Å². The molecule has 8 nitrogen and oxygen atoms in total. The zero-order valence-electron chi connectivity index (χ0n) is 7.94. The highest BCUT2D eigenvalue weighted by atomic mass is 16.5. The molecular formula is C7H10N4O4. The molecule has 0 aromatic heterocycles. The highest BCUT2D eigenvalue weighted by molar-refractivity contribution is 5.87. The lowest BCUT2D eigenvalue weighted by molar-refractivity contribution is -0.141. The van der Waals surface area contributed by atoms with Crippen molar-refractivity contribution in [3.63, 3.8) is 0 Å². The fourth-order valence-electron chi connectivity index (χ4n) is 1.57. The van der Waals surface area contributed by atoms with Gasteiger partial charge in [0, 0.05) is 0 Å². The number of nitrogens with zero attached hydrogens (tertiary/aromatic N) is 1. The van der Waals surface area contributed by atoms with E-state index < -0.39 is 24.3 Å². The fraction of sp³-hybridized carbons (Fsp3) is 0.571. The summed E-state index contributed by atoms with van der Waals surface area (Å²) in [7, 11) is 1.24. The lowest BCUT2D eigenvalue weighted by Crippen LogP contribution is -2.46. The van der Waals surface area contributed by atoms with Crippen molar-refractivity contribution in [1.82, 2.24) is 20.9 Å². The molecule has 0 aliphatic carbocycles. The van der Waals surface area contributed by atoms with Gasteiger partial charge in [-0.25, -0.2) is 9.59 Å². The van der Waals surface area contributed by atoms with Gasteiger partial charge < -0.3 is 20.7 Å². The second-order valence-electron chi connectivity index (χ2n) is 3.19. The number of amides is 4. The monoisotopic (exact) mass is 214 g/mol. The predicted molar refractivity (Wildman–Crippen MR) is 46.5 cm³/mol. The van der Waals surface area contributed by atoms with Gasteiger partial charge in [-0.05, 0) is 0 Å². The topological polar surface area (TPSA) is 99.8 Å². The lowest BCUT2D eigenvalue weighted by Gasteiger charge is -2.19. The summed E-state index contributed by atoms with van der Waals surface area (Å²) in [5.41, 5.74) is 0. The molecule has 0 unspecified atom stereocenters. The number of nitrogens with one attached hydrogen (secondary N) is 3. The summed E-state index contributed by atoms with van der Waals surface area (Å²) in [5, 5.41) is 7.51. The Morgan fingerprint density at radius 3 is 2.80 bits per heavy atom. The van der Waals surface area contributed by atoms with Crippen molar-refractivity contribution in [3.05, 3.63) is 0 Å². The number of rotatable bonds is 2. The molecule has 82 valence electrons. The zero-order valence-corrected chi connectivity index (χ0v) is 7.94. The van der Waals surface area contributed by atoms with Crippen LogP contribution in [-0.4, -0.2) is 48.9 Å². The highest BCUT2D eigenvalue weighted by Gasteiger charge is 2.46. The number of carbonyl (C=O) groups excluding carboxylic acids is 3. The largest absolute Gasteiger partial charge is 0.468 e. The third-order valence-corrected chi connectivity index (χ3v) is 2.28. The second-order valence-corrected chi connectivity index (χ2v) is 3.19. The van der Waals surface area contributed by atoms with Crippen LogP contribution in [0.15, 0.2) is 0 Å². The molecular weight excluding hydrogens is 204 g/mol. The molecule has 2 heterocycles. The fourth-order valence-corrected chi connectivity index (χ4v) is 1.57. The van der Waals surface area contributed by atoms with Gasteiger partial charge >= 0.3 is 18.0 Å². The average Bonchev–Trinajstić information content (AvgIpc) is 2.65. The molecule has 3 N–H and O–H groups in total. The summed E-state index contributed by atoms with van der Waals surface area (Å²) in [4.78, 5) is 34.5. The van der Waals surface area contributed by atoms with Crippen molar-refractivity contribution >= 4 is 18.0 Å². The van der Waals surface area contributed by atoms with E-state index in [2.05, 4.69) is 20.7 Å². The Balaban J connectivity index is 2.07. The van der Waals surface area contributed by atoms with Crippen molar-refractivity contribution in [2.75, 3.05) is 13.7 Å². The minimum Gasteiger partial charge on any atom is -0.468 e. The molecule has 0 bridgehead atoms. The number of fused-ring (bicyclic) bond motifs is 1. The molecule has 0 spiro atoms. The van der Waals surface area contributed by atoms with Crippen LogP contribution in [0.25, 0.3) is 0 Å². The molecule has 2 fully saturated rings. The SMILES string of the molecule is COC(=O)CN1C(=O)N[C@H]2NC(=O)N[C@@H]21. The van der Waals surface area contributed by atoms with Gasteiger partial charge in [-0.1, -0.05) is 0 Å². The van der Waals surface area contributed by atoms with Gasteiger partial charge in [0.05, 0.1) is 7.11 Å². The Kier molecular flexibility index (Phi) is 2.10. The van der Waals surface area contributed by atoms with Crippen LogP contribution in [0.4, 0.5) is 9.59 Å². The van der Waals surface area contributed by atoms with Crippen molar-refractivity contribution in [2.45, 2.75) is 12.3 Å². The van der Waals surface area contributed by atoms with Crippen LogP contribution in [0.1, 0.15) is 0 Å². The summed E-state index contributed by atoms with van der Waals surface area (Å²) < 4.78 is 4.44. The van der Waals surface area contributed by atoms with Crippen LogP contribution in [0, 0.1) is 0 Å². The summed E-state index contributed by atoms with van der Waals surface area (Å²) in [6.07, 6.45) is -1.03. The van der Waals surface area contributed by atoms with E-state index in [0.29, 0.717) is 0 Å². The number of ether oxygens (including phenoxy) is 1. The molecule has 0 aromatic rings. The molecule has 2 aliphatic heterocycles. The number of urea groups is 2. The van der Waals surface area contributed by atoms with Crippen LogP contribution in [-0.2, 0) is 9.53 Å². The van der Waals surface area contributed by atoms with E-state index in [9.17, 15) is 14.4 Å². The van der Waals surface area contributed by atoms with Gasteiger partial charge in [-0.3, -0.25) is 9.69 Å². The average molecular weight is 214 g/mol. The Bertz CT molecular complexity index is 331. The van der Waals surface area contributed by atoms with Gasteiger partial charge in [-0.2, -0.15) is 0 Å². The maximum atomic E-state index is 11.4. The first kappa shape index (κ1) is 9.56. The van der Waals surface area contributed by atoms with E-state index in [1.807, 2.05) is 0 Å². The summed E-state index contributed by atoms with van der Waals surface area (Å²) in [5.74, 6) is -0.535.